The van der Waals surface area contributed by atoms with Gasteiger partial charge < -0.3 is 5.32 Å². The van der Waals surface area contributed by atoms with E-state index in [9.17, 15) is 0 Å². The van der Waals surface area contributed by atoms with E-state index in [0.29, 0.717) is 5.41 Å². The molecule has 1 rings (SSSR count). The first kappa shape index (κ1) is 9.05. The summed E-state index contributed by atoms with van der Waals surface area (Å²) in [6.07, 6.45) is 5.69. The molecule has 0 spiro atoms. The van der Waals surface area contributed by atoms with Crippen LogP contribution < -0.4 is 5.32 Å². The minimum atomic E-state index is 0.607. The molecule has 0 radical (unpaired) electrons. The third-order valence-electron chi connectivity index (χ3n) is 3.12. The van der Waals surface area contributed by atoms with Crippen LogP contribution in [0.2, 0.25) is 0 Å². The van der Waals surface area contributed by atoms with E-state index in [0.717, 1.165) is 5.92 Å². The van der Waals surface area contributed by atoms with Gasteiger partial charge in [-0.3, -0.25) is 0 Å². The molecule has 66 valence electrons. The van der Waals surface area contributed by atoms with Crippen molar-refractivity contribution in [2.75, 3.05) is 13.6 Å². The van der Waals surface area contributed by atoms with Gasteiger partial charge in [0.05, 0.1) is 0 Å². The van der Waals surface area contributed by atoms with Gasteiger partial charge in [-0.1, -0.05) is 20.3 Å². The van der Waals surface area contributed by atoms with E-state index in [1.165, 1.54) is 32.2 Å². The summed E-state index contributed by atoms with van der Waals surface area (Å²) in [5, 5.41) is 3.29. The molecule has 1 nitrogen and oxygen atoms in total. The summed E-state index contributed by atoms with van der Waals surface area (Å²) in [5.74, 6) is 1.01. The molecule has 0 saturated heterocycles. The standard InChI is InChI=1S/C10H21N/c1-4-9-5-6-10(2,7-9)8-11-3/h9,11H,4-8H2,1-3H3. The van der Waals surface area contributed by atoms with E-state index in [-0.39, 0.29) is 0 Å². The number of nitrogens with one attached hydrogen (secondary N) is 1. The zero-order chi connectivity index (χ0) is 8.32. The molecule has 2 unspecified atom stereocenters. The van der Waals surface area contributed by atoms with E-state index >= 15 is 0 Å². The van der Waals surface area contributed by atoms with Crippen molar-refractivity contribution in [3.8, 4) is 0 Å². The van der Waals surface area contributed by atoms with E-state index in [2.05, 4.69) is 26.2 Å². The highest BCUT2D eigenvalue weighted by molar-refractivity contribution is 4.86. The third kappa shape index (κ3) is 2.19. The smallest absolute Gasteiger partial charge is 0.000226 e. The Bertz CT molecular complexity index is 122. The number of hydrogen-bond donors (Lipinski definition) is 1. The van der Waals surface area contributed by atoms with Crippen molar-refractivity contribution < 1.29 is 0 Å². The molecule has 0 heterocycles. The molecule has 1 saturated carbocycles. The molecule has 0 aliphatic heterocycles. The number of rotatable bonds is 3. The molecule has 0 amide bonds. The Labute approximate surface area is 70.6 Å². The van der Waals surface area contributed by atoms with Gasteiger partial charge in [-0.05, 0) is 37.6 Å². The van der Waals surface area contributed by atoms with Crippen molar-refractivity contribution in [3.05, 3.63) is 0 Å². The fraction of sp³-hybridized carbons (Fsp3) is 1.00. The second kappa shape index (κ2) is 3.57. The van der Waals surface area contributed by atoms with Gasteiger partial charge in [0.2, 0.25) is 0 Å². The van der Waals surface area contributed by atoms with Crippen LogP contribution in [0.4, 0.5) is 0 Å². The van der Waals surface area contributed by atoms with Gasteiger partial charge >= 0.3 is 0 Å². The molecule has 1 heteroatoms. The molecule has 2 atom stereocenters. The first-order chi connectivity index (χ1) is 5.20. The maximum absolute atomic E-state index is 3.29. The van der Waals surface area contributed by atoms with Gasteiger partial charge in [-0.25, -0.2) is 0 Å². The Morgan fingerprint density at radius 3 is 2.73 bits per heavy atom. The lowest BCUT2D eigenvalue weighted by molar-refractivity contribution is 0.309. The zero-order valence-electron chi connectivity index (χ0n) is 8.11. The van der Waals surface area contributed by atoms with Crippen molar-refractivity contribution >= 4 is 0 Å². The summed E-state index contributed by atoms with van der Waals surface area (Å²) in [6.45, 7) is 5.93. The summed E-state index contributed by atoms with van der Waals surface area (Å²) in [6, 6.07) is 0. The van der Waals surface area contributed by atoms with Crippen LogP contribution in [0.25, 0.3) is 0 Å². The molecule has 0 bridgehead atoms. The molecule has 0 aromatic carbocycles. The fourth-order valence-corrected chi connectivity index (χ4v) is 2.39. The molecule has 11 heavy (non-hydrogen) atoms. The van der Waals surface area contributed by atoms with Crippen LogP contribution in [0, 0.1) is 11.3 Å². The lowest BCUT2D eigenvalue weighted by Gasteiger charge is -2.23. The summed E-state index contributed by atoms with van der Waals surface area (Å²) >= 11 is 0. The van der Waals surface area contributed by atoms with E-state index in [4.69, 9.17) is 0 Å². The molecule has 0 aromatic heterocycles. The van der Waals surface area contributed by atoms with Crippen molar-refractivity contribution in [1.82, 2.24) is 5.32 Å². The van der Waals surface area contributed by atoms with E-state index in [1.807, 2.05) is 0 Å². The largest absolute Gasteiger partial charge is 0.319 e. The van der Waals surface area contributed by atoms with Gasteiger partial charge in [-0.15, -0.1) is 0 Å². The fourth-order valence-electron chi connectivity index (χ4n) is 2.39. The van der Waals surface area contributed by atoms with Crippen molar-refractivity contribution in [2.45, 2.75) is 39.5 Å². The van der Waals surface area contributed by atoms with Crippen LogP contribution in [-0.2, 0) is 0 Å². The zero-order valence-corrected chi connectivity index (χ0v) is 8.11. The Hall–Kier alpha value is -0.0400. The first-order valence-corrected chi connectivity index (χ1v) is 4.85. The molecular weight excluding hydrogens is 134 g/mol. The van der Waals surface area contributed by atoms with Crippen LogP contribution in [0.3, 0.4) is 0 Å². The van der Waals surface area contributed by atoms with E-state index < -0.39 is 0 Å². The lowest BCUT2D eigenvalue weighted by Crippen LogP contribution is -2.27. The first-order valence-electron chi connectivity index (χ1n) is 4.85. The molecule has 1 aliphatic carbocycles. The highest BCUT2D eigenvalue weighted by Gasteiger charge is 2.33. The highest BCUT2D eigenvalue weighted by atomic mass is 14.8. The van der Waals surface area contributed by atoms with Gasteiger partial charge in [0, 0.05) is 6.54 Å². The maximum Gasteiger partial charge on any atom is 0.000226 e. The number of hydrogen-bond acceptors (Lipinski definition) is 1. The third-order valence-corrected chi connectivity index (χ3v) is 3.12. The molecule has 1 fully saturated rings. The highest BCUT2D eigenvalue weighted by Crippen LogP contribution is 2.42. The molecule has 1 aliphatic rings. The second-order valence-corrected chi connectivity index (χ2v) is 4.36. The average Bonchev–Trinajstić information content (AvgIpc) is 2.33. The maximum atomic E-state index is 3.29. The van der Waals surface area contributed by atoms with Gasteiger partial charge in [0.15, 0.2) is 0 Å². The summed E-state index contributed by atoms with van der Waals surface area (Å²) < 4.78 is 0. The second-order valence-electron chi connectivity index (χ2n) is 4.36. The van der Waals surface area contributed by atoms with Crippen molar-refractivity contribution in [3.63, 3.8) is 0 Å². The van der Waals surface area contributed by atoms with Crippen molar-refractivity contribution in [1.29, 1.82) is 0 Å². The Morgan fingerprint density at radius 2 is 2.27 bits per heavy atom. The Morgan fingerprint density at radius 1 is 1.55 bits per heavy atom. The van der Waals surface area contributed by atoms with Crippen molar-refractivity contribution in [2.24, 2.45) is 11.3 Å². The Kier molecular flexibility index (Phi) is 2.94. The average molecular weight is 155 g/mol. The minimum Gasteiger partial charge on any atom is -0.319 e. The summed E-state index contributed by atoms with van der Waals surface area (Å²) in [4.78, 5) is 0. The lowest BCUT2D eigenvalue weighted by atomic mass is 9.87. The monoisotopic (exact) mass is 155 g/mol. The predicted molar refractivity (Wildman–Crippen MR) is 49.7 cm³/mol. The van der Waals surface area contributed by atoms with Crippen LogP contribution in [0.15, 0.2) is 0 Å². The van der Waals surface area contributed by atoms with Crippen LogP contribution in [0.5, 0.6) is 0 Å². The minimum absolute atomic E-state index is 0.607. The predicted octanol–water partition coefficient (Wildman–Crippen LogP) is 2.42. The van der Waals surface area contributed by atoms with Crippen LogP contribution in [0.1, 0.15) is 39.5 Å². The van der Waals surface area contributed by atoms with E-state index in [1.54, 1.807) is 0 Å². The quantitative estimate of drug-likeness (QED) is 0.660. The van der Waals surface area contributed by atoms with Gasteiger partial charge in [0.25, 0.3) is 0 Å². The SMILES string of the molecule is CCC1CCC(C)(CNC)C1. The molecular formula is C10H21N. The van der Waals surface area contributed by atoms with Crippen LogP contribution >= 0.6 is 0 Å². The van der Waals surface area contributed by atoms with Gasteiger partial charge in [-0.2, -0.15) is 0 Å². The van der Waals surface area contributed by atoms with Crippen LogP contribution in [-0.4, -0.2) is 13.6 Å². The normalized spacial score (nSPS) is 37.9. The molecule has 0 aromatic rings. The topological polar surface area (TPSA) is 12.0 Å². The molecule has 1 N–H and O–H groups in total. The Balaban J connectivity index is 2.37. The summed E-state index contributed by atoms with van der Waals surface area (Å²) in [7, 11) is 2.06. The summed E-state index contributed by atoms with van der Waals surface area (Å²) in [5.41, 5.74) is 0.607. The van der Waals surface area contributed by atoms with Gasteiger partial charge in [0.1, 0.15) is 0 Å².